The van der Waals surface area contributed by atoms with Crippen molar-refractivity contribution in [1.82, 2.24) is 0 Å². The molecule has 2 heteroatoms. The summed E-state index contributed by atoms with van der Waals surface area (Å²) in [7, 11) is -0.995. The van der Waals surface area contributed by atoms with Gasteiger partial charge in [-0.15, -0.1) is 11.3 Å². The van der Waals surface area contributed by atoms with Crippen LogP contribution < -0.4 is 0 Å². The van der Waals surface area contributed by atoms with Gasteiger partial charge in [-0.3, -0.25) is 0 Å². The summed E-state index contributed by atoms with van der Waals surface area (Å²) in [6, 6.07) is 2.40. The average Bonchev–Trinajstić information content (AvgIpc) is 2.46. The summed E-state index contributed by atoms with van der Waals surface area (Å²) in [5.74, 6) is 0. The molecule has 0 spiro atoms. The molecular formula is C11H14SSi. The van der Waals surface area contributed by atoms with Crippen LogP contribution in [0.5, 0.6) is 0 Å². The van der Waals surface area contributed by atoms with Gasteiger partial charge >= 0.3 is 0 Å². The summed E-state index contributed by atoms with van der Waals surface area (Å²) in [5, 5.41) is 1.77. The molecule has 3 heterocycles. The van der Waals surface area contributed by atoms with E-state index in [2.05, 4.69) is 33.0 Å². The second-order valence-corrected chi connectivity index (χ2v) is 10.7. The summed E-state index contributed by atoms with van der Waals surface area (Å²) in [6.45, 7) is 9.59. The quantitative estimate of drug-likeness (QED) is 0.567. The highest BCUT2D eigenvalue weighted by molar-refractivity contribution is 7.16. The van der Waals surface area contributed by atoms with E-state index >= 15 is 0 Å². The first-order valence-corrected chi connectivity index (χ1v) is 8.75. The van der Waals surface area contributed by atoms with Crippen molar-refractivity contribution in [2.45, 2.75) is 32.5 Å². The van der Waals surface area contributed by atoms with E-state index < -0.39 is 8.07 Å². The smallest absolute Gasteiger partial charge is 0.0941 e. The SMILES string of the molecule is CC1=C2c3cc(C)sc3C1[Si]2(C)C. The number of hydrogen-bond donors (Lipinski definition) is 0. The molecule has 0 nitrogen and oxygen atoms in total. The van der Waals surface area contributed by atoms with Crippen molar-refractivity contribution in [3.8, 4) is 0 Å². The fourth-order valence-corrected chi connectivity index (χ4v) is 9.69. The maximum Gasteiger partial charge on any atom is 0.0941 e. The van der Waals surface area contributed by atoms with E-state index in [0.717, 1.165) is 5.54 Å². The number of thiophene rings is 1. The van der Waals surface area contributed by atoms with Gasteiger partial charge in [-0.2, -0.15) is 0 Å². The molecule has 0 N–H and O–H groups in total. The molecule has 1 aromatic rings. The van der Waals surface area contributed by atoms with Crippen molar-refractivity contribution in [3.05, 3.63) is 27.0 Å². The molecule has 13 heavy (non-hydrogen) atoms. The van der Waals surface area contributed by atoms with Crippen LogP contribution in [0, 0.1) is 6.92 Å². The Bertz CT molecular complexity index is 437. The molecule has 0 aromatic carbocycles. The van der Waals surface area contributed by atoms with E-state index in [1.165, 1.54) is 4.88 Å². The topological polar surface area (TPSA) is 0 Å². The van der Waals surface area contributed by atoms with Gasteiger partial charge in [0, 0.05) is 15.3 Å². The molecule has 2 aliphatic heterocycles. The summed E-state index contributed by atoms with van der Waals surface area (Å²) < 4.78 is 0. The third kappa shape index (κ3) is 0.691. The molecule has 0 amide bonds. The first-order valence-electron chi connectivity index (χ1n) is 4.85. The highest BCUT2D eigenvalue weighted by Gasteiger charge is 2.55. The van der Waals surface area contributed by atoms with Gasteiger partial charge in [0.15, 0.2) is 0 Å². The van der Waals surface area contributed by atoms with Crippen LogP contribution in [-0.2, 0) is 0 Å². The maximum absolute atomic E-state index is 2.52. The zero-order valence-electron chi connectivity index (χ0n) is 8.56. The highest BCUT2D eigenvalue weighted by Crippen LogP contribution is 2.63. The molecule has 68 valence electrons. The largest absolute Gasteiger partial charge is 0.145 e. The fraction of sp³-hybridized carbons (Fsp3) is 0.455. The number of rotatable bonds is 0. The van der Waals surface area contributed by atoms with Crippen molar-refractivity contribution in [2.24, 2.45) is 0 Å². The van der Waals surface area contributed by atoms with Crippen molar-refractivity contribution >= 4 is 24.6 Å². The van der Waals surface area contributed by atoms with Crippen LogP contribution >= 0.6 is 11.3 Å². The van der Waals surface area contributed by atoms with Gasteiger partial charge in [0.05, 0.1) is 8.07 Å². The Hall–Kier alpha value is -0.343. The second-order valence-electron chi connectivity index (χ2n) is 4.85. The van der Waals surface area contributed by atoms with Gasteiger partial charge in [0.25, 0.3) is 0 Å². The van der Waals surface area contributed by atoms with Crippen LogP contribution in [-0.4, -0.2) is 8.07 Å². The van der Waals surface area contributed by atoms with Gasteiger partial charge in [-0.05, 0) is 25.5 Å². The zero-order valence-corrected chi connectivity index (χ0v) is 10.4. The molecule has 0 fully saturated rings. The lowest BCUT2D eigenvalue weighted by Crippen LogP contribution is -2.41. The van der Waals surface area contributed by atoms with Crippen molar-refractivity contribution < 1.29 is 0 Å². The Morgan fingerprint density at radius 3 is 2.54 bits per heavy atom. The lowest BCUT2D eigenvalue weighted by Gasteiger charge is -2.39. The number of allylic oxidation sites excluding steroid dienone is 1. The van der Waals surface area contributed by atoms with E-state index in [9.17, 15) is 0 Å². The number of hydrogen-bond acceptors (Lipinski definition) is 1. The summed E-state index contributed by atoms with van der Waals surface area (Å²) in [6.07, 6.45) is 0. The minimum Gasteiger partial charge on any atom is -0.145 e. The minimum atomic E-state index is -0.995. The third-order valence-electron chi connectivity index (χ3n) is 3.61. The summed E-state index contributed by atoms with van der Waals surface area (Å²) >= 11 is 2.03. The normalized spacial score (nSPS) is 27.5. The first-order chi connectivity index (χ1) is 6.03. The lowest BCUT2D eigenvalue weighted by molar-refractivity contribution is 1.09. The van der Waals surface area contributed by atoms with Crippen molar-refractivity contribution in [1.29, 1.82) is 0 Å². The molecular weight excluding hydrogens is 192 g/mol. The number of aryl methyl sites for hydroxylation is 1. The van der Waals surface area contributed by atoms with Crippen molar-refractivity contribution in [3.63, 3.8) is 0 Å². The van der Waals surface area contributed by atoms with E-state index in [1.54, 1.807) is 21.2 Å². The minimum absolute atomic E-state index is 0.885. The molecule has 0 saturated heterocycles. The Morgan fingerprint density at radius 1 is 1.31 bits per heavy atom. The van der Waals surface area contributed by atoms with Crippen molar-refractivity contribution in [2.75, 3.05) is 0 Å². The van der Waals surface area contributed by atoms with E-state index in [1.807, 2.05) is 11.3 Å². The lowest BCUT2D eigenvalue weighted by atomic mass is 10.2. The molecule has 3 aliphatic rings. The molecule has 1 aromatic heterocycles. The van der Waals surface area contributed by atoms with E-state index in [4.69, 9.17) is 0 Å². The zero-order chi connectivity index (χ0) is 9.38. The molecule has 1 atom stereocenters. The average molecular weight is 206 g/mol. The molecule has 0 saturated carbocycles. The van der Waals surface area contributed by atoms with E-state index in [-0.39, 0.29) is 0 Å². The predicted molar refractivity (Wildman–Crippen MR) is 61.9 cm³/mol. The molecule has 1 unspecified atom stereocenters. The summed E-state index contributed by atoms with van der Waals surface area (Å²) in [4.78, 5) is 3.19. The van der Waals surface area contributed by atoms with Gasteiger partial charge in [-0.1, -0.05) is 23.9 Å². The van der Waals surface area contributed by atoms with Gasteiger partial charge in [-0.25, -0.2) is 0 Å². The van der Waals surface area contributed by atoms with E-state index in [0.29, 0.717) is 0 Å². The Morgan fingerprint density at radius 2 is 2.00 bits per heavy atom. The summed E-state index contributed by atoms with van der Waals surface area (Å²) in [5.41, 5.74) is 4.20. The maximum atomic E-state index is 2.52. The highest BCUT2D eigenvalue weighted by atomic mass is 32.1. The van der Waals surface area contributed by atoms with Gasteiger partial charge < -0.3 is 0 Å². The standard InChI is InChI=1S/C11H14SSi/c1-6-5-8-9(12-6)11-7(2)10(8)13(11,3)4/h5,11H,1-4H3. The van der Waals surface area contributed by atoms with Gasteiger partial charge in [0.2, 0.25) is 0 Å². The molecule has 1 aliphatic carbocycles. The Kier molecular flexibility index (Phi) is 1.24. The molecule has 0 radical (unpaired) electrons. The van der Waals surface area contributed by atoms with Crippen LogP contribution in [0.4, 0.5) is 0 Å². The van der Waals surface area contributed by atoms with Gasteiger partial charge in [0.1, 0.15) is 0 Å². The van der Waals surface area contributed by atoms with Crippen LogP contribution in [0.25, 0.3) is 5.20 Å². The third-order valence-corrected chi connectivity index (χ3v) is 9.05. The molecule has 4 rings (SSSR count). The predicted octanol–water partition coefficient (Wildman–Crippen LogP) is 3.73. The molecule has 2 bridgehead atoms. The van der Waals surface area contributed by atoms with Crippen LogP contribution in [0.1, 0.15) is 27.8 Å². The first kappa shape index (κ1) is 8.01. The fourth-order valence-electron chi connectivity index (χ4n) is 3.29. The monoisotopic (exact) mass is 206 g/mol. The second kappa shape index (κ2) is 2.01. The van der Waals surface area contributed by atoms with Crippen LogP contribution in [0.15, 0.2) is 11.6 Å². The Labute approximate surface area is 84.3 Å². The van der Waals surface area contributed by atoms with Crippen LogP contribution in [0.2, 0.25) is 13.1 Å². The Balaban J connectivity index is 2.27. The van der Waals surface area contributed by atoms with Crippen LogP contribution in [0.3, 0.4) is 0 Å².